The largest absolute Gasteiger partial charge is 0.319 e. The van der Waals surface area contributed by atoms with Crippen molar-refractivity contribution in [3.05, 3.63) is 34.3 Å². The topological polar surface area (TPSA) is 12.0 Å². The number of hydrogen-bond donors (Lipinski definition) is 1. The highest BCUT2D eigenvalue weighted by Crippen LogP contribution is 2.57. The fraction of sp³-hybridized carbons (Fsp3) is 0.625. The summed E-state index contributed by atoms with van der Waals surface area (Å²) in [7, 11) is 2.10. The maximum Gasteiger partial charge on any atom is 0.0175 e. The molecule has 3 aliphatic carbocycles. The van der Waals surface area contributed by atoms with Crippen molar-refractivity contribution in [2.45, 2.75) is 43.9 Å². The van der Waals surface area contributed by atoms with E-state index in [0.29, 0.717) is 10.8 Å². The highest BCUT2D eigenvalue weighted by molar-refractivity contribution is 9.10. The molecule has 0 unspecified atom stereocenters. The van der Waals surface area contributed by atoms with Crippen LogP contribution in [0.25, 0.3) is 0 Å². The van der Waals surface area contributed by atoms with Gasteiger partial charge in [-0.05, 0) is 74.1 Å². The molecule has 3 aliphatic rings. The summed E-state index contributed by atoms with van der Waals surface area (Å²) in [5, 5.41) is 3.41. The maximum absolute atomic E-state index is 3.54. The molecule has 2 bridgehead atoms. The molecule has 0 radical (unpaired) electrons. The van der Waals surface area contributed by atoms with Crippen molar-refractivity contribution in [1.82, 2.24) is 5.32 Å². The van der Waals surface area contributed by atoms with Crippen LogP contribution in [0.4, 0.5) is 0 Å². The van der Waals surface area contributed by atoms with Crippen LogP contribution in [0.1, 0.15) is 44.1 Å². The Morgan fingerprint density at radius 1 is 1.00 bits per heavy atom. The Labute approximate surface area is 118 Å². The lowest BCUT2D eigenvalue weighted by atomic mass is 9.52. The Bertz CT molecular complexity index is 399. The Balaban J connectivity index is 1.82. The summed E-state index contributed by atoms with van der Waals surface area (Å²) in [6.45, 7) is 1.21. The SMILES string of the molecule is CNCC12CCC(c3ccc(Br)cc3)(CC1)CC2. The van der Waals surface area contributed by atoms with E-state index in [2.05, 4.69) is 52.6 Å². The van der Waals surface area contributed by atoms with Gasteiger partial charge >= 0.3 is 0 Å². The van der Waals surface area contributed by atoms with Gasteiger partial charge in [0.15, 0.2) is 0 Å². The number of nitrogens with one attached hydrogen (secondary N) is 1. The molecule has 0 spiro atoms. The van der Waals surface area contributed by atoms with E-state index in [1.165, 1.54) is 49.5 Å². The first-order valence-electron chi connectivity index (χ1n) is 7.09. The second kappa shape index (κ2) is 4.64. The first-order chi connectivity index (χ1) is 8.68. The second-order valence-electron chi connectivity index (χ2n) is 6.32. The zero-order valence-corrected chi connectivity index (χ0v) is 12.7. The van der Waals surface area contributed by atoms with Crippen LogP contribution >= 0.6 is 15.9 Å². The molecular weight excluding hydrogens is 286 g/mol. The standard InChI is InChI=1S/C16H22BrN/c1-18-12-15-6-9-16(10-7-15,11-8-15)13-2-4-14(17)5-3-13/h2-5,18H,6-12H2,1H3. The molecule has 0 saturated heterocycles. The minimum absolute atomic E-state index is 0.496. The van der Waals surface area contributed by atoms with Crippen LogP contribution in [0, 0.1) is 5.41 Å². The van der Waals surface area contributed by atoms with Crippen LogP contribution in [-0.4, -0.2) is 13.6 Å². The van der Waals surface area contributed by atoms with Gasteiger partial charge in [-0.3, -0.25) is 0 Å². The fourth-order valence-electron chi connectivity index (χ4n) is 4.14. The van der Waals surface area contributed by atoms with Crippen molar-refractivity contribution in [2.75, 3.05) is 13.6 Å². The third-order valence-corrected chi connectivity index (χ3v) is 5.94. The van der Waals surface area contributed by atoms with Gasteiger partial charge in [0.1, 0.15) is 0 Å². The van der Waals surface area contributed by atoms with Crippen LogP contribution in [0.15, 0.2) is 28.7 Å². The van der Waals surface area contributed by atoms with Crippen molar-refractivity contribution >= 4 is 15.9 Å². The van der Waals surface area contributed by atoms with Crippen molar-refractivity contribution in [3.8, 4) is 0 Å². The van der Waals surface area contributed by atoms with Crippen LogP contribution < -0.4 is 5.32 Å². The molecule has 0 heterocycles. The Hall–Kier alpha value is -0.340. The van der Waals surface area contributed by atoms with Gasteiger partial charge in [0.2, 0.25) is 0 Å². The van der Waals surface area contributed by atoms with Crippen LogP contribution in [0.2, 0.25) is 0 Å². The van der Waals surface area contributed by atoms with Gasteiger partial charge in [-0.15, -0.1) is 0 Å². The lowest BCUT2D eigenvalue weighted by molar-refractivity contribution is 0.0415. The number of halogens is 1. The number of rotatable bonds is 3. The van der Waals surface area contributed by atoms with E-state index in [9.17, 15) is 0 Å². The molecule has 0 aromatic heterocycles. The predicted molar refractivity (Wildman–Crippen MR) is 79.9 cm³/mol. The summed E-state index contributed by atoms with van der Waals surface area (Å²) in [4.78, 5) is 0. The molecule has 1 aromatic rings. The van der Waals surface area contributed by atoms with E-state index in [-0.39, 0.29) is 0 Å². The summed E-state index contributed by atoms with van der Waals surface area (Å²) in [6, 6.07) is 9.07. The number of fused-ring (bicyclic) bond motifs is 3. The molecule has 3 fully saturated rings. The van der Waals surface area contributed by atoms with E-state index in [4.69, 9.17) is 0 Å². The molecule has 0 aliphatic heterocycles. The van der Waals surface area contributed by atoms with Gasteiger partial charge in [0.25, 0.3) is 0 Å². The molecule has 3 saturated carbocycles. The smallest absolute Gasteiger partial charge is 0.0175 e. The quantitative estimate of drug-likeness (QED) is 0.880. The number of hydrogen-bond acceptors (Lipinski definition) is 1. The third kappa shape index (κ3) is 2.04. The fourth-order valence-corrected chi connectivity index (χ4v) is 4.40. The van der Waals surface area contributed by atoms with Crippen LogP contribution in [0.3, 0.4) is 0 Å². The minimum Gasteiger partial charge on any atom is -0.319 e. The zero-order chi connectivity index (χ0) is 12.6. The normalized spacial score (nSPS) is 34.8. The van der Waals surface area contributed by atoms with Crippen LogP contribution in [-0.2, 0) is 5.41 Å². The van der Waals surface area contributed by atoms with Crippen molar-refractivity contribution in [2.24, 2.45) is 5.41 Å². The Morgan fingerprint density at radius 2 is 1.56 bits per heavy atom. The van der Waals surface area contributed by atoms with Gasteiger partial charge in [0, 0.05) is 11.0 Å². The second-order valence-corrected chi connectivity index (χ2v) is 7.23. The van der Waals surface area contributed by atoms with Gasteiger partial charge in [-0.2, -0.15) is 0 Å². The van der Waals surface area contributed by atoms with Crippen molar-refractivity contribution < 1.29 is 0 Å². The van der Waals surface area contributed by atoms with E-state index in [0.717, 1.165) is 0 Å². The third-order valence-electron chi connectivity index (χ3n) is 5.41. The summed E-state index contributed by atoms with van der Waals surface area (Å²) < 4.78 is 1.19. The van der Waals surface area contributed by atoms with Gasteiger partial charge < -0.3 is 5.32 Å². The highest BCUT2D eigenvalue weighted by atomic mass is 79.9. The van der Waals surface area contributed by atoms with E-state index in [1.54, 1.807) is 5.56 Å². The predicted octanol–water partition coefficient (Wildman–Crippen LogP) is 4.26. The summed E-state index contributed by atoms with van der Waals surface area (Å²) in [5.74, 6) is 0. The molecule has 0 atom stereocenters. The van der Waals surface area contributed by atoms with Gasteiger partial charge in [-0.1, -0.05) is 28.1 Å². The molecular formula is C16H22BrN. The van der Waals surface area contributed by atoms with Gasteiger partial charge in [-0.25, -0.2) is 0 Å². The molecule has 1 nitrogen and oxygen atoms in total. The first kappa shape index (κ1) is 12.7. The Morgan fingerprint density at radius 3 is 2.06 bits per heavy atom. The summed E-state index contributed by atoms with van der Waals surface area (Å²) >= 11 is 3.54. The summed E-state index contributed by atoms with van der Waals surface area (Å²) in [6.07, 6.45) is 8.38. The van der Waals surface area contributed by atoms with Gasteiger partial charge in [0.05, 0.1) is 0 Å². The number of benzene rings is 1. The lowest BCUT2D eigenvalue weighted by Gasteiger charge is -2.54. The van der Waals surface area contributed by atoms with Crippen molar-refractivity contribution in [3.63, 3.8) is 0 Å². The lowest BCUT2D eigenvalue weighted by Crippen LogP contribution is -2.47. The maximum atomic E-state index is 3.54. The van der Waals surface area contributed by atoms with Crippen molar-refractivity contribution in [1.29, 1.82) is 0 Å². The average molecular weight is 308 g/mol. The molecule has 4 rings (SSSR count). The first-order valence-corrected chi connectivity index (χ1v) is 7.88. The van der Waals surface area contributed by atoms with E-state index >= 15 is 0 Å². The minimum atomic E-state index is 0.496. The molecule has 2 heteroatoms. The van der Waals surface area contributed by atoms with E-state index < -0.39 is 0 Å². The molecule has 1 aromatic carbocycles. The Kier molecular flexibility index (Phi) is 3.27. The average Bonchev–Trinajstić information content (AvgIpc) is 2.42. The van der Waals surface area contributed by atoms with Crippen LogP contribution in [0.5, 0.6) is 0 Å². The molecule has 18 heavy (non-hydrogen) atoms. The molecule has 0 amide bonds. The monoisotopic (exact) mass is 307 g/mol. The highest BCUT2D eigenvalue weighted by Gasteiger charge is 2.48. The molecule has 1 N–H and O–H groups in total. The molecule has 98 valence electrons. The summed E-state index contributed by atoms with van der Waals surface area (Å²) in [5.41, 5.74) is 2.69. The zero-order valence-electron chi connectivity index (χ0n) is 11.1. The van der Waals surface area contributed by atoms with E-state index in [1.807, 2.05) is 0 Å².